The molecule has 0 spiro atoms. The van der Waals surface area contributed by atoms with E-state index in [1.54, 1.807) is 34.9 Å². The molecule has 0 saturated carbocycles. The van der Waals surface area contributed by atoms with Gasteiger partial charge < -0.3 is 4.74 Å². The van der Waals surface area contributed by atoms with Crippen molar-refractivity contribution < 1.29 is 4.74 Å². The van der Waals surface area contributed by atoms with Crippen LogP contribution in [0.5, 0.6) is 0 Å². The molecule has 4 heterocycles. The lowest BCUT2D eigenvalue weighted by Gasteiger charge is -2.30. The average Bonchev–Trinajstić information content (AvgIpc) is 3.27. The largest absolute Gasteiger partial charge is 0.370 e. The van der Waals surface area contributed by atoms with E-state index in [0.29, 0.717) is 6.61 Å². The van der Waals surface area contributed by atoms with Crippen LogP contribution in [0, 0.1) is 0 Å². The van der Waals surface area contributed by atoms with E-state index in [1.807, 2.05) is 0 Å². The summed E-state index contributed by atoms with van der Waals surface area (Å²) in [7, 11) is 0. The summed E-state index contributed by atoms with van der Waals surface area (Å²) >= 11 is 8.54. The van der Waals surface area contributed by atoms with E-state index in [9.17, 15) is 0 Å². The van der Waals surface area contributed by atoms with Crippen LogP contribution in [0.4, 0.5) is 0 Å². The maximum Gasteiger partial charge on any atom is 0.198 e. The molecule has 5 nitrogen and oxygen atoms in total. The average molecular weight is 508 g/mol. The Hall–Kier alpha value is -1.13. The minimum absolute atomic E-state index is 0.171. The molecule has 0 radical (unpaired) electrons. The minimum Gasteiger partial charge on any atom is -0.370 e. The van der Waals surface area contributed by atoms with Crippen LogP contribution in [-0.2, 0) is 23.5 Å². The van der Waals surface area contributed by atoms with Gasteiger partial charge in [-0.1, -0.05) is 51.6 Å². The maximum absolute atomic E-state index is 6.02. The molecule has 29 heavy (non-hydrogen) atoms. The highest BCUT2D eigenvalue weighted by molar-refractivity contribution is 9.10. The van der Waals surface area contributed by atoms with Gasteiger partial charge in [0.05, 0.1) is 17.6 Å². The molecule has 0 saturated heterocycles. The molecule has 0 fully saturated rings. The molecule has 9 heteroatoms. The van der Waals surface area contributed by atoms with E-state index in [2.05, 4.69) is 74.9 Å². The van der Waals surface area contributed by atoms with E-state index in [-0.39, 0.29) is 5.60 Å². The highest BCUT2D eigenvalue weighted by Crippen LogP contribution is 2.41. The molecule has 0 atom stereocenters. The number of thioether (sulfide) groups is 2. The Balaban J connectivity index is 1.61. The van der Waals surface area contributed by atoms with Crippen LogP contribution in [0.3, 0.4) is 0 Å². The molecule has 1 aromatic carbocycles. The second kappa shape index (κ2) is 7.53. The van der Waals surface area contributed by atoms with Crippen molar-refractivity contribution in [2.75, 3.05) is 6.26 Å². The second-order valence-corrected chi connectivity index (χ2v) is 11.3. The van der Waals surface area contributed by atoms with Crippen LogP contribution in [0.15, 0.2) is 39.1 Å². The van der Waals surface area contributed by atoms with Crippen LogP contribution in [0.25, 0.3) is 15.9 Å². The van der Waals surface area contributed by atoms with E-state index in [4.69, 9.17) is 9.72 Å². The van der Waals surface area contributed by atoms with Gasteiger partial charge in [0.1, 0.15) is 4.83 Å². The molecule has 4 aromatic rings. The summed E-state index contributed by atoms with van der Waals surface area (Å²) in [6.45, 7) is 4.93. The van der Waals surface area contributed by atoms with Gasteiger partial charge in [0.15, 0.2) is 16.0 Å². The standard InChI is InChI=1S/C20H19BrN4OS3/c1-20(2)8-13-14(9-26-20)29-17-15(13)16-23-24-19(25(16)18(22-17)27-3)28-10-11-4-6-12(21)7-5-11/h4-7H,8-10H2,1-3H3. The van der Waals surface area contributed by atoms with Gasteiger partial charge in [-0.25, -0.2) is 9.38 Å². The monoisotopic (exact) mass is 506 g/mol. The molecular weight excluding hydrogens is 488 g/mol. The number of aromatic nitrogens is 4. The molecule has 0 bridgehead atoms. The van der Waals surface area contributed by atoms with Gasteiger partial charge in [-0.2, -0.15) is 0 Å². The third-order valence-electron chi connectivity index (χ3n) is 4.98. The van der Waals surface area contributed by atoms with Crippen molar-refractivity contribution in [3.63, 3.8) is 0 Å². The van der Waals surface area contributed by atoms with E-state index >= 15 is 0 Å². The fraction of sp³-hybridized carbons (Fsp3) is 0.350. The van der Waals surface area contributed by atoms with E-state index in [0.717, 1.165) is 42.8 Å². The Morgan fingerprint density at radius 3 is 2.76 bits per heavy atom. The van der Waals surface area contributed by atoms with Gasteiger partial charge in [0.25, 0.3) is 0 Å². The normalized spacial score (nSPS) is 15.9. The molecule has 3 aromatic heterocycles. The zero-order chi connectivity index (χ0) is 20.2. The third kappa shape index (κ3) is 3.61. The topological polar surface area (TPSA) is 52.3 Å². The smallest absolute Gasteiger partial charge is 0.198 e. The van der Waals surface area contributed by atoms with Crippen molar-refractivity contribution in [3.05, 3.63) is 44.7 Å². The summed E-state index contributed by atoms with van der Waals surface area (Å²) in [6, 6.07) is 8.39. The van der Waals surface area contributed by atoms with Gasteiger partial charge in [-0.3, -0.25) is 0 Å². The van der Waals surface area contributed by atoms with Gasteiger partial charge in [-0.05, 0) is 43.4 Å². The SMILES string of the molecule is CSc1nc2sc3c(c2c2nnc(SCc4ccc(Br)cc4)n12)CC(C)(C)OC3. The molecule has 1 aliphatic rings. The van der Waals surface area contributed by atoms with Crippen LogP contribution < -0.4 is 0 Å². The lowest BCUT2D eigenvalue weighted by molar-refractivity contribution is -0.0379. The highest BCUT2D eigenvalue weighted by atomic mass is 79.9. The summed E-state index contributed by atoms with van der Waals surface area (Å²) in [5.74, 6) is 0.836. The fourth-order valence-corrected chi connectivity index (χ4v) is 6.45. The predicted molar refractivity (Wildman–Crippen MR) is 124 cm³/mol. The quantitative estimate of drug-likeness (QED) is 0.251. The zero-order valence-electron chi connectivity index (χ0n) is 16.2. The number of hydrogen-bond acceptors (Lipinski definition) is 7. The van der Waals surface area contributed by atoms with Crippen molar-refractivity contribution >= 4 is 66.7 Å². The third-order valence-corrected chi connectivity index (χ3v) is 8.24. The van der Waals surface area contributed by atoms with E-state index in [1.165, 1.54) is 16.0 Å². The number of halogens is 1. The Morgan fingerprint density at radius 1 is 1.21 bits per heavy atom. The summed E-state index contributed by atoms with van der Waals surface area (Å²) in [5.41, 5.74) is 3.31. The van der Waals surface area contributed by atoms with Crippen molar-refractivity contribution in [1.82, 2.24) is 19.6 Å². The number of thiophene rings is 1. The first-order valence-corrected chi connectivity index (χ1v) is 13.0. The highest BCUT2D eigenvalue weighted by Gasteiger charge is 2.31. The van der Waals surface area contributed by atoms with Crippen LogP contribution >= 0.6 is 50.8 Å². The molecule has 0 aliphatic carbocycles. The summed E-state index contributed by atoms with van der Waals surface area (Å²) < 4.78 is 9.22. The first-order valence-electron chi connectivity index (χ1n) is 9.20. The maximum atomic E-state index is 6.02. The lowest BCUT2D eigenvalue weighted by atomic mass is 9.94. The molecule has 0 unspecified atom stereocenters. The van der Waals surface area contributed by atoms with Crippen molar-refractivity contribution in [3.8, 4) is 0 Å². The summed E-state index contributed by atoms with van der Waals surface area (Å²) in [4.78, 5) is 7.26. The number of rotatable bonds is 4. The minimum atomic E-state index is -0.171. The second-order valence-electron chi connectivity index (χ2n) is 7.56. The van der Waals surface area contributed by atoms with Crippen LogP contribution in [0.1, 0.15) is 29.9 Å². The first-order chi connectivity index (χ1) is 13.9. The number of benzene rings is 1. The number of hydrogen-bond donors (Lipinski definition) is 0. The Labute approximate surface area is 189 Å². The predicted octanol–water partition coefficient (Wildman–Crippen LogP) is 5.97. The van der Waals surface area contributed by atoms with E-state index < -0.39 is 0 Å². The number of ether oxygens (including phenoxy) is 1. The van der Waals surface area contributed by atoms with Gasteiger partial charge in [0.2, 0.25) is 0 Å². The van der Waals surface area contributed by atoms with Gasteiger partial charge in [0, 0.05) is 21.5 Å². The van der Waals surface area contributed by atoms with Crippen molar-refractivity contribution in [2.24, 2.45) is 0 Å². The molecule has 0 amide bonds. The molecule has 1 aliphatic heterocycles. The lowest BCUT2D eigenvalue weighted by Crippen LogP contribution is -2.31. The van der Waals surface area contributed by atoms with Crippen molar-refractivity contribution in [1.29, 1.82) is 0 Å². The number of fused-ring (bicyclic) bond motifs is 5. The molecule has 5 rings (SSSR count). The van der Waals surface area contributed by atoms with Crippen molar-refractivity contribution in [2.45, 2.75) is 48.5 Å². The first kappa shape index (κ1) is 19.8. The summed E-state index contributed by atoms with van der Waals surface area (Å²) in [5, 5.41) is 12.1. The Kier molecular flexibility index (Phi) is 5.14. The van der Waals surface area contributed by atoms with Gasteiger partial charge >= 0.3 is 0 Å². The van der Waals surface area contributed by atoms with Gasteiger partial charge in [-0.15, -0.1) is 21.5 Å². The Morgan fingerprint density at radius 2 is 2.00 bits per heavy atom. The van der Waals surface area contributed by atoms with Crippen LogP contribution in [-0.4, -0.2) is 31.4 Å². The molecule has 0 N–H and O–H groups in total. The number of nitrogens with zero attached hydrogens (tertiary/aromatic N) is 4. The summed E-state index contributed by atoms with van der Waals surface area (Å²) in [6.07, 6.45) is 2.92. The zero-order valence-corrected chi connectivity index (χ0v) is 20.3. The molecule has 150 valence electrons. The van der Waals surface area contributed by atoms with Crippen LogP contribution in [0.2, 0.25) is 0 Å². The Bertz CT molecular complexity index is 1220. The molecular formula is C20H19BrN4OS3. The fourth-order valence-electron chi connectivity index (χ4n) is 3.55.